The van der Waals surface area contributed by atoms with E-state index in [-0.39, 0.29) is 5.76 Å². The first-order valence-corrected chi connectivity index (χ1v) is 9.76. The van der Waals surface area contributed by atoms with Crippen LogP contribution in [0.25, 0.3) is 0 Å². The molecule has 1 rings (SSSR count). The number of nitrogens with one attached hydrogen (secondary N) is 1. The molecule has 0 aliphatic rings. The molecule has 1 N–H and O–H groups in total. The Kier molecular flexibility index (Phi) is 6.38. The predicted octanol–water partition coefficient (Wildman–Crippen LogP) is 2.08. The van der Waals surface area contributed by atoms with Gasteiger partial charge in [-0.05, 0) is 32.8 Å². The average Bonchev–Trinajstić information content (AvgIpc) is 2.34. The SMILES string of the molecule is CC(C)(C)OC(=O)N[C@@H](Cc1ccccc1)/C([O-])=C/[S+](C)(C)=O. The first-order chi connectivity index (χ1) is 10.5. The Hall–Kier alpha value is -1.82. The second-order valence-electron chi connectivity index (χ2n) is 6.72. The monoisotopic (exact) mass is 339 g/mol. The van der Waals surface area contributed by atoms with Crippen molar-refractivity contribution in [1.29, 1.82) is 0 Å². The molecule has 0 bridgehead atoms. The number of hydrogen-bond donors (Lipinski definition) is 1. The molecule has 1 aromatic rings. The van der Waals surface area contributed by atoms with Crippen LogP contribution in [0.15, 0.2) is 41.5 Å². The Morgan fingerprint density at radius 3 is 2.35 bits per heavy atom. The van der Waals surface area contributed by atoms with E-state index in [2.05, 4.69) is 5.32 Å². The van der Waals surface area contributed by atoms with Gasteiger partial charge in [-0.15, -0.1) is 4.21 Å². The maximum atomic E-state index is 12.4. The van der Waals surface area contributed by atoms with E-state index in [9.17, 15) is 14.1 Å². The maximum absolute atomic E-state index is 12.4. The van der Waals surface area contributed by atoms with Crippen molar-refractivity contribution in [1.82, 2.24) is 5.32 Å². The van der Waals surface area contributed by atoms with E-state index in [0.717, 1.165) is 5.56 Å². The first kappa shape index (κ1) is 19.2. The molecule has 1 aromatic carbocycles. The van der Waals surface area contributed by atoms with Crippen LogP contribution in [0.1, 0.15) is 26.3 Å². The fourth-order valence-electron chi connectivity index (χ4n) is 1.88. The lowest BCUT2D eigenvalue weighted by atomic mass is 10.1. The number of hydrogen-bond acceptors (Lipinski definition) is 4. The van der Waals surface area contributed by atoms with Gasteiger partial charge in [-0.2, -0.15) is 0 Å². The van der Waals surface area contributed by atoms with E-state index in [1.54, 1.807) is 20.8 Å². The van der Waals surface area contributed by atoms with E-state index in [1.165, 1.54) is 17.9 Å². The van der Waals surface area contributed by atoms with Crippen molar-refractivity contribution in [3.63, 3.8) is 0 Å². The van der Waals surface area contributed by atoms with E-state index in [4.69, 9.17) is 4.74 Å². The van der Waals surface area contributed by atoms with Crippen LogP contribution in [0.4, 0.5) is 4.79 Å². The quantitative estimate of drug-likeness (QED) is 0.658. The molecule has 0 radical (unpaired) electrons. The number of alkyl carbamates (subject to hydrolysis) is 1. The molecule has 5 nitrogen and oxygen atoms in total. The van der Waals surface area contributed by atoms with Crippen LogP contribution in [0.5, 0.6) is 0 Å². The molecule has 0 unspecified atom stereocenters. The minimum atomic E-state index is -2.35. The molecule has 23 heavy (non-hydrogen) atoms. The minimum Gasteiger partial charge on any atom is -0.871 e. The van der Waals surface area contributed by atoms with Gasteiger partial charge in [0.1, 0.15) is 33.5 Å². The summed E-state index contributed by atoms with van der Waals surface area (Å²) in [5, 5.41) is 16.1. The highest BCUT2D eigenvalue weighted by atomic mass is 32.2. The zero-order valence-electron chi connectivity index (χ0n) is 14.3. The van der Waals surface area contributed by atoms with Crippen LogP contribution in [0.2, 0.25) is 0 Å². The number of amides is 1. The lowest BCUT2D eigenvalue weighted by Crippen LogP contribution is -2.44. The minimum absolute atomic E-state index is 0.310. The standard InChI is InChI=1S/C17H25NO4S/c1-17(2,3)22-16(20)18-14(15(19)12-23(4,5)21)11-13-9-7-6-8-10-13/h6-10,12,14H,11H2,1-5H3,(H-,18,19,20,21)/t14-/m0/s1. The number of carbonyl (C=O) groups is 1. The summed E-state index contributed by atoms with van der Waals surface area (Å²) in [5.41, 5.74) is 0.242. The Morgan fingerprint density at radius 2 is 1.87 bits per heavy atom. The number of benzene rings is 1. The smallest absolute Gasteiger partial charge is 0.408 e. The van der Waals surface area contributed by atoms with Crippen LogP contribution in [-0.2, 0) is 25.3 Å². The highest BCUT2D eigenvalue weighted by molar-refractivity contribution is 8.04. The zero-order valence-corrected chi connectivity index (χ0v) is 15.1. The van der Waals surface area contributed by atoms with Gasteiger partial charge in [0, 0.05) is 0 Å². The second-order valence-corrected chi connectivity index (χ2v) is 9.57. The molecular weight excluding hydrogens is 314 g/mol. The van der Waals surface area contributed by atoms with Gasteiger partial charge in [0.25, 0.3) is 0 Å². The molecule has 0 aliphatic heterocycles. The lowest BCUT2D eigenvalue weighted by Gasteiger charge is -2.27. The zero-order chi connectivity index (χ0) is 17.7. The molecule has 1 amide bonds. The summed E-state index contributed by atoms with van der Waals surface area (Å²) in [7, 11) is -2.35. The Morgan fingerprint density at radius 1 is 1.30 bits per heavy atom. The fourth-order valence-corrected chi connectivity index (χ4v) is 2.61. The van der Waals surface area contributed by atoms with Crippen LogP contribution in [0, 0.1) is 0 Å². The topological polar surface area (TPSA) is 78.5 Å². The van der Waals surface area contributed by atoms with Crippen molar-refractivity contribution in [3.05, 3.63) is 47.1 Å². The molecule has 0 fully saturated rings. The van der Waals surface area contributed by atoms with Crippen LogP contribution in [0.3, 0.4) is 0 Å². The molecule has 6 heteroatoms. The number of carbonyl (C=O) groups excluding carboxylic acids is 1. The molecule has 1 atom stereocenters. The predicted molar refractivity (Wildman–Crippen MR) is 91.3 cm³/mol. The van der Waals surface area contributed by atoms with Gasteiger partial charge < -0.3 is 15.2 Å². The molecule has 0 spiro atoms. The van der Waals surface area contributed by atoms with Crippen molar-refractivity contribution in [2.24, 2.45) is 0 Å². The van der Waals surface area contributed by atoms with E-state index in [1.807, 2.05) is 30.3 Å². The summed E-state index contributed by atoms with van der Waals surface area (Å²) in [6, 6.07) is 8.51. The van der Waals surface area contributed by atoms with Gasteiger partial charge in [-0.25, -0.2) is 4.79 Å². The van der Waals surface area contributed by atoms with Crippen LogP contribution < -0.4 is 10.4 Å². The Bertz CT molecular complexity index is 599. The van der Waals surface area contributed by atoms with Gasteiger partial charge >= 0.3 is 6.09 Å². The molecular formula is C17H25NO4S. The van der Waals surface area contributed by atoms with Crippen molar-refractivity contribution < 1.29 is 18.8 Å². The Balaban J connectivity index is 2.95. The van der Waals surface area contributed by atoms with Crippen molar-refractivity contribution in [2.75, 3.05) is 12.5 Å². The molecule has 0 saturated carbocycles. The summed E-state index contributed by atoms with van der Waals surface area (Å²) >= 11 is 0. The van der Waals surface area contributed by atoms with Crippen LogP contribution >= 0.6 is 0 Å². The summed E-state index contributed by atoms with van der Waals surface area (Å²) in [4.78, 5) is 12.0. The van der Waals surface area contributed by atoms with Gasteiger partial charge in [0.15, 0.2) is 0 Å². The van der Waals surface area contributed by atoms with Gasteiger partial charge in [0.2, 0.25) is 0 Å². The summed E-state index contributed by atoms with van der Waals surface area (Å²) in [6.45, 7) is 5.24. The van der Waals surface area contributed by atoms with Gasteiger partial charge in [-0.1, -0.05) is 36.1 Å². The third-order valence-electron chi connectivity index (χ3n) is 2.72. The summed E-state index contributed by atoms with van der Waals surface area (Å²) in [6.07, 6.45) is 2.61. The highest BCUT2D eigenvalue weighted by Gasteiger charge is 2.21. The van der Waals surface area contributed by atoms with E-state index >= 15 is 0 Å². The Labute approximate surface area is 139 Å². The summed E-state index contributed by atoms with van der Waals surface area (Å²) < 4.78 is 17.0. The molecule has 0 aromatic heterocycles. The highest BCUT2D eigenvalue weighted by Crippen LogP contribution is 2.12. The lowest BCUT2D eigenvalue weighted by molar-refractivity contribution is -0.309. The molecule has 0 aliphatic carbocycles. The van der Waals surface area contributed by atoms with Gasteiger partial charge in [-0.3, -0.25) is 0 Å². The number of rotatable bonds is 5. The van der Waals surface area contributed by atoms with Crippen molar-refractivity contribution >= 4 is 16.0 Å². The van der Waals surface area contributed by atoms with Gasteiger partial charge in [0.05, 0.1) is 6.04 Å². The van der Waals surface area contributed by atoms with E-state index < -0.39 is 27.7 Å². The fraction of sp³-hybridized carbons (Fsp3) is 0.471. The number of ether oxygens (including phenoxy) is 1. The summed E-state index contributed by atoms with van der Waals surface area (Å²) in [5.74, 6) is -0.380. The molecule has 128 valence electrons. The first-order valence-electron chi connectivity index (χ1n) is 7.32. The van der Waals surface area contributed by atoms with Crippen molar-refractivity contribution in [2.45, 2.75) is 38.8 Å². The van der Waals surface area contributed by atoms with E-state index in [0.29, 0.717) is 6.42 Å². The average molecular weight is 339 g/mol. The molecule has 0 saturated heterocycles. The molecule has 0 heterocycles. The normalized spacial score (nSPS) is 14.2. The maximum Gasteiger partial charge on any atom is 0.408 e. The van der Waals surface area contributed by atoms with Crippen molar-refractivity contribution in [3.8, 4) is 0 Å². The second kappa shape index (κ2) is 7.64. The van der Waals surface area contributed by atoms with Crippen LogP contribution in [-0.4, -0.2) is 30.2 Å². The third-order valence-corrected chi connectivity index (χ3v) is 3.52. The largest absolute Gasteiger partial charge is 0.871 e. The third kappa shape index (κ3) is 8.40.